The molecule has 1 fully saturated rings. The van der Waals surface area contributed by atoms with Crippen molar-refractivity contribution in [2.75, 3.05) is 31.1 Å². The van der Waals surface area contributed by atoms with Crippen LogP contribution in [0.2, 0.25) is 0 Å². The summed E-state index contributed by atoms with van der Waals surface area (Å²) in [6.45, 7) is 8.39. The molecular formula is C25H30F3N5O2. The number of piperazine rings is 1. The van der Waals surface area contributed by atoms with Crippen molar-refractivity contribution in [3.8, 4) is 11.3 Å². The normalized spacial score (nSPS) is 14.8. The molecule has 3 aromatic rings. The third kappa shape index (κ3) is 5.57. The molecule has 1 aliphatic rings. The van der Waals surface area contributed by atoms with Crippen molar-refractivity contribution in [2.45, 2.75) is 52.6 Å². The zero-order valence-electron chi connectivity index (χ0n) is 20.2. The minimum atomic E-state index is -4.47. The summed E-state index contributed by atoms with van der Waals surface area (Å²) in [6, 6.07) is 5.02. The number of anilines is 1. The summed E-state index contributed by atoms with van der Waals surface area (Å²) in [4.78, 5) is 25.7. The third-order valence-corrected chi connectivity index (χ3v) is 6.09. The lowest BCUT2D eigenvalue weighted by molar-refractivity contribution is -0.137. The second kappa shape index (κ2) is 10.2. The van der Waals surface area contributed by atoms with E-state index in [1.807, 2.05) is 9.80 Å². The summed E-state index contributed by atoms with van der Waals surface area (Å²) in [5.74, 6) is 1.63. The number of nitrogens with zero attached hydrogens (tertiary/aromatic N) is 5. The van der Waals surface area contributed by atoms with E-state index < -0.39 is 11.7 Å². The van der Waals surface area contributed by atoms with Gasteiger partial charge in [0.1, 0.15) is 22.7 Å². The van der Waals surface area contributed by atoms with Gasteiger partial charge in [-0.3, -0.25) is 4.79 Å². The smallest absolute Gasteiger partial charge is 0.352 e. The number of alkyl halides is 3. The van der Waals surface area contributed by atoms with E-state index in [-0.39, 0.29) is 22.9 Å². The second-order valence-corrected chi connectivity index (χ2v) is 9.32. The highest BCUT2D eigenvalue weighted by Gasteiger charge is 2.32. The SMILES string of the molecule is CCCCC(=O)N1CCN(c2nc(CC(C)C)nc3onc(-c4cccc(C(F)(F)F)c4)c23)CC1. The summed E-state index contributed by atoms with van der Waals surface area (Å²) in [5.41, 5.74) is 0.0517. The van der Waals surface area contributed by atoms with E-state index in [1.54, 1.807) is 6.07 Å². The fourth-order valence-corrected chi connectivity index (χ4v) is 4.26. The molecule has 1 amide bonds. The highest BCUT2D eigenvalue weighted by molar-refractivity contribution is 5.98. The third-order valence-electron chi connectivity index (χ3n) is 6.09. The van der Waals surface area contributed by atoms with E-state index in [0.29, 0.717) is 62.0 Å². The van der Waals surface area contributed by atoms with E-state index in [2.05, 4.69) is 30.9 Å². The average molecular weight is 490 g/mol. The van der Waals surface area contributed by atoms with Crippen molar-refractivity contribution in [3.63, 3.8) is 0 Å². The Bertz CT molecular complexity index is 1180. The summed E-state index contributed by atoms with van der Waals surface area (Å²) >= 11 is 0. The Labute approximate surface area is 202 Å². The van der Waals surface area contributed by atoms with Gasteiger partial charge in [-0.2, -0.15) is 18.2 Å². The van der Waals surface area contributed by atoms with Gasteiger partial charge in [-0.05, 0) is 24.5 Å². The maximum Gasteiger partial charge on any atom is 0.416 e. The number of hydrogen-bond donors (Lipinski definition) is 0. The van der Waals surface area contributed by atoms with Crippen LogP contribution in [0.15, 0.2) is 28.8 Å². The summed E-state index contributed by atoms with van der Waals surface area (Å²) in [5, 5.41) is 4.59. The number of benzene rings is 1. The number of fused-ring (bicyclic) bond motifs is 1. The Morgan fingerprint density at radius 2 is 1.89 bits per heavy atom. The first kappa shape index (κ1) is 24.9. The Hall–Kier alpha value is -3.17. The zero-order chi connectivity index (χ0) is 25.2. The number of carbonyl (C=O) groups is 1. The van der Waals surface area contributed by atoms with Gasteiger partial charge < -0.3 is 14.3 Å². The van der Waals surface area contributed by atoms with Crippen LogP contribution in [0, 0.1) is 5.92 Å². The molecule has 1 aliphatic heterocycles. The first-order valence-corrected chi connectivity index (χ1v) is 12.0. The fourth-order valence-electron chi connectivity index (χ4n) is 4.26. The van der Waals surface area contributed by atoms with E-state index in [0.717, 1.165) is 25.0 Å². The maximum absolute atomic E-state index is 13.3. The summed E-state index contributed by atoms with van der Waals surface area (Å²) in [6.07, 6.45) is -1.48. The van der Waals surface area contributed by atoms with E-state index in [4.69, 9.17) is 9.51 Å². The molecule has 1 saturated heterocycles. The Morgan fingerprint density at radius 3 is 2.54 bits per heavy atom. The number of halogens is 3. The molecule has 2 aromatic heterocycles. The van der Waals surface area contributed by atoms with Gasteiger partial charge in [-0.1, -0.05) is 44.5 Å². The van der Waals surface area contributed by atoms with Crippen molar-refractivity contribution in [1.29, 1.82) is 0 Å². The molecule has 0 spiro atoms. The largest absolute Gasteiger partial charge is 0.416 e. The Kier molecular flexibility index (Phi) is 7.28. The molecule has 188 valence electrons. The molecule has 4 rings (SSSR count). The number of aromatic nitrogens is 3. The Balaban J connectivity index is 1.72. The predicted molar refractivity (Wildman–Crippen MR) is 127 cm³/mol. The lowest BCUT2D eigenvalue weighted by atomic mass is 10.0. The fraction of sp³-hybridized carbons (Fsp3) is 0.520. The standard InChI is InChI=1S/C25H30F3N5O2/c1-4-5-9-20(34)32-10-12-33(13-11-32)23-21-22(17-7-6-8-18(15-17)25(26,27)28)31-35-24(21)30-19(29-23)14-16(2)3/h6-8,15-16H,4-5,9-14H2,1-3H3. The van der Waals surface area contributed by atoms with Crippen LogP contribution in [0.3, 0.4) is 0 Å². The molecule has 0 radical (unpaired) electrons. The molecule has 0 atom stereocenters. The molecule has 0 bridgehead atoms. The van der Waals surface area contributed by atoms with Crippen molar-refractivity contribution >= 4 is 22.8 Å². The molecule has 10 heteroatoms. The maximum atomic E-state index is 13.3. The predicted octanol–water partition coefficient (Wildman–Crippen LogP) is 5.34. The van der Waals surface area contributed by atoms with Gasteiger partial charge in [0.15, 0.2) is 0 Å². The quantitative estimate of drug-likeness (QED) is 0.446. The second-order valence-electron chi connectivity index (χ2n) is 9.32. The van der Waals surface area contributed by atoms with Gasteiger partial charge in [-0.15, -0.1) is 0 Å². The lowest BCUT2D eigenvalue weighted by Gasteiger charge is -2.35. The van der Waals surface area contributed by atoms with Crippen molar-refractivity contribution in [1.82, 2.24) is 20.0 Å². The van der Waals surface area contributed by atoms with E-state index >= 15 is 0 Å². The van der Waals surface area contributed by atoms with Crippen molar-refractivity contribution < 1.29 is 22.5 Å². The lowest BCUT2D eigenvalue weighted by Crippen LogP contribution is -2.49. The zero-order valence-corrected chi connectivity index (χ0v) is 20.2. The molecule has 3 heterocycles. The number of amides is 1. The minimum Gasteiger partial charge on any atom is -0.352 e. The van der Waals surface area contributed by atoms with Crippen LogP contribution in [-0.2, 0) is 17.4 Å². The summed E-state index contributed by atoms with van der Waals surface area (Å²) < 4.78 is 45.5. The molecule has 0 saturated carbocycles. The molecule has 35 heavy (non-hydrogen) atoms. The minimum absolute atomic E-state index is 0.148. The Morgan fingerprint density at radius 1 is 1.14 bits per heavy atom. The van der Waals surface area contributed by atoms with Gasteiger partial charge in [0, 0.05) is 44.6 Å². The monoisotopic (exact) mass is 489 g/mol. The van der Waals surface area contributed by atoms with Gasteiger partial charge >= 0.3 is 6.18 Å². The van der Waals surface area contributed by atoms with Crippen LogP contribution in [0.25, 0.3) is 22.4 Å². The highest BCUT2D eigenvalue weighted by atomic mass is 19.4. The van der Waals surface area contributed by atoms with Crippen LogP contribution >= 0.6 is 0 Å². The topological polar surface area (TPSA) is 75.4 Å². The average Bonchev–Trinajstić information content (AvgIpc) is 3.25. The molecule has 0 unspecified atom stereocenters. The van der Waals surface area contributed by atoms with Crippen molar-refractivity contribution in [3.05, 3.63) is 35.7 Å². The first-order valence-electron chi connectivity index (χ1n) is 12.0. The van der Waals surface area contributed by atoms with E-state index in [1.165, 1.54) is 6.07 Å². The highest BCUT2D eigenvalue weighted by Crippen LogP contribution is 2.37. The molecule has 0 aliphatic carbocycles. The van der Waals surface area contributed by atoms with Crippen LogP contribution < -0.4 is 4.90 Å². The van der Waals surface area contributed by atoms with Gasteiger partial charge in [-0.25, -0.2) is 4.98 Å². The van der Waals surface area contributed by atoms with Crippen LogP contribution in [0.4, 0.5) is 19.0 Å². The molecule has 0 N–H and O–H groups in total. The number of rotatable bonds is 7. The van der Waals surface area contributed by atoms with Gasteiger partial charge in [0.25, 0.3) is 5.71 Å². The van der Waals surface area contributed by atoms with E-state index in [9.17, 15) is 18.0 Å². The van der Waals surface area contributed by atoms with Gasteiger partial charge in [0.2, 0.25) is 5.91 Å². The van der Waals surface area contributed by atoms with Crippen molar-refractivity contribution in [2.24, 2.45) is 5.92 Å². The summed E-state index contributed by atoms with van der Waals surface area (Å²) in [7, 11) is 0. The molecule has 1 aromatic carbocycles. The number of hydrogen-bond acceptors (Lipinski definition) is 6. The van der Waals surface area contributed by atoms with Gasteiger partial charge in [0.05, 0.1) is 5.56 Å². The van der Waals surface area contributed by atoms with Crippen LogP contribution in [0.5, 0.6) is 0 Å². The first-order chi connectivity index (χ1) is 16.7. The molecule has 7 nitrogen and oxygen atoms in total. The number of carbonyl (C=O) groups excluding carboxylic acids is 1. The van der Waals surface area contributed by atoms with Crippen LogP contribution in [-0.4, -0.2) is 52.1 Å². The molecular weight excluding hydrogens is 459 g/mol. The number of unbranched alkanes of at least 4 members (excludes halogenated alkanes) is 1. The van der Waals surface area contributed by atoms with Crippen LogP contribution in [0.1, 0.15) is 51.4 Å².